The summed E-state index contributed by atoms with van der Waals surface area (Å²) in [5, 5.41) is 11.3. The smallest absolute Gasteiger partial charge is 0.353 e. The van der Waals surface area contributed by atoms with Gasteiger partial charge in [-0.15, -0.1) is 0 Å². The van der Waals surface area contributed by atoms with Crippen molar-refractivity contribution in [2.24, 2.45) is 11.8 Å². The van der Waals surface area contributed by atoms with Crippen molar-refractivity contribution in [1.82, 2.24) is 9.97 Å². The van der Waals surface area contributed by atoms with Crippen molar-refractivity contribution in [2.75, 3.05) is 42.7 Å². The average molecular weight is 294 g/mol. The Balaban J connectivity index is 2.51. The van der Waals surface area contributed by atoms with Gasteiger partial charge in [0.25, 0.3) is 0 Å². The van der Waals surface area contributed by atoms with Crippen LogP contribution in [-0.4, -0.2) is 42.1 Å². The first-order chi connectivity index (χ1) is 9.79. The monoisotopic (exact) mass is 294 g/mol. The highest BCUT2D eigenvalue weighted by Gasteiger charge is 2.31. The quantitative estimate of drug-likeness (QED) is 0.666. The van der Waals surface area contributed by atoms with E-state index in [9.17, 15) is 10.1 Å². The number of rotatable bonds is 3. The number of hydrogen-bond donors (Lipinski definition) is 1. The molecule has 0 aromatic carbocycles. The van der Waals surface area contributed by atoms with Gasteiger partial charge in [0.15, 0.2) is 0 Å². The van der Waals surface area contributed by atoms with E-state index in [1.807, 2.05) is 4.90 Å². The van der Waals surface area contributed by atoms with Crippen molar-refractivity contribution in [2.45, 2.75) is 20.3 Å². The van der Waals surface area contributed by atoms with E-state index in [1.165, 1.54) is 0 Å². The van der Waals surface area contributed by atoms with Crippen LogP contribution in [0.1, 0.15) is 20.3 Å². The van der Waals surface area contributed by atoms with Crippen LogP contribution in [0.15, 0.2) is 0 Å². The molecule has 0 radical (unpaired) electrons. The molecule has 8 nitrogen and oxygen atoms in total. The number of nitrogen functional groups attached to an aromatic ring is 1. The number of piperidine rings is 1. The van der Waals surface area contributed by atoms with Crippen molar-refractivity contribution >= 4 is 23.3 Å². The minimum atomic E-state index is -0.492. The summed E-state index contributed by atoms with van der Waals surface area (Å²) in [5.41, 5.74) is 5.60. The molecule has 1 aliphatic rings. The fraction of sp³-hybridized carbons (Fsp3) is 0.692. The van der Waals surface area contributed by atoms with E-state index in [2.05, 4.69) is 23.8 Å². The van der Waals surface area contributed by atoms with Crippen molar-refractivity contribution in [3.05, 3.63) is 10.1 Å². The summed E-state index contributed by atoms with van der Waals surface area (Å²) in [7, 11) is 3.57. The zero-order valence-corrected chi connectivity index (χ0v) is 12.9. The van der Waals surface area contributed by atoms with Gasteiger partial charge in [0.1, 0.15) is 0 Å². The molecule has 2 atom stereocenters. The lowest BCUT2D eigenvalue weighted by atomic mass is 9.92. The Morgan fingerprint density at radius 2 is 1.86 bits per heavy atom. The van der Waals surface area contributed by atoms with Gasteiger partial charge in [0.05, 0.1) is 4.92 Å². The predicted octanol–water partition coefficient (Wildman–Crippen LogP) is 1.52. The topological polar surface area (TPSA) is 101 Å². The number of aromatic nitrogens is 2. The minimum absolute atomic E-state index is 0.0837. The molecule has 21 heavy (non-hydrogen) atoms. The van der Waals surface area contributed by atoms with Gasteiger partial charge in [0.2, 0.25) is 17.6 Å². The molecule has 2 N–H and O–H groups in total. The van der Waals surface area contributed by atoms with Crippen LogP contribution >= 0.6 is 0 Å². The third kappa shape index (κ3) is 3.14. The molecule has 0 unspecified atom stereocenters. The number of nitrogens with two attached hydrogens (primary N) is 1. The second kappa shape index (κ2) is 5.71. The van der Waals surface area contributed by atoms with Crippen molar-refractivity contribution in [1.29, 1.82) is 0 Å². The van der Waals surface area contributed by atoms with Gasteiger partial charge in [-0.3, -0.25) is 10.1 Å². The van der Waals surface area contributed by atoms with E-state index >= 15 is 0 Å². The molecule has 0 spiro atoms. The SMILES string of the molecule is C[C@@H]1C[C@@H](C)CN(c2nc(N(C)C)nc(N)c2[N+](=O)[O-])C1. The first-order valence-corrected chi connectivity index (χ1v) is 7.03. The standard InChI is InChI=1S/C13H22N6O2/c1-8-5-9(2)7-18(6-8)12-10(19(20)21)11(14)15-13(16-12)17(3)4/h8-9H,5-7H2,1-4H3,(H2,14,15,16)/t8-,9-/m1/s1. The largest absolute Gasteiger partial charge is 0.378 e. The van der Waals surface area contributed by atoms with Gasteiger partial charge in [-0.2, -0.15) is 9.97 Å². The molecule has 2 heterocycles. The maximum Gasteiger partial charge on any atom is 0.353 e. The zero-order chi connectivity index (χ0) is 15.7. The predicted molar refractivity (Wildman–Crippen MR) is 82.6 cm³/mol. The third-order valence-electron chi connectivity index (χ3n) is 3.63. The highest BCUT2D eigenvalue weighted by Crippen LogP contribution is 2.35. The van der Waals surface area contributed by atoms with Crippen molar-refractivity contribution in [3.8, 4) is 0 Å². The third-order valence-corrected chi connectivity index (χ3v) is 3.63. The fourth-order valence-electron chi connectivity index (χ4n) is 2.88. The van der Waals surface area contributed by atoms with Crippen molar-refractivity contribution in [3.63, 3.8) is 0 Å². The Kier molecular flexibility index (Phi) is 4.15. The molecule has 0 aliphatic carbocycles. The number of nitrogens with zero attached hydrogens (tertiary/aromatic N) is 5. The summed E-state index contributed by atoms with van der Waals surface area (Å²) in [6.45, 7) is 5.78. The van der Waals surface area contributed by atoms with Crippen LogP contribution in [0.3, 0.4) is 0 Å². The van der Waals surface area contributed by atoms with E-state index in [1.54, 1.807) is 19.0 Å². The molecule has 1 fully saturated rings. The second-order valence-corrected chi connectivity index (χ2v) is 6.08. The lowest BCUT2D eigenvalue weighted by Crippen LogP contribution is -2.39. The summed E-state index contributed by atoms with van der Waals surface area (Å²) >= 11 is 0. The van der Waals surface area contributed by atoms with Crippen LogP contribution in [0.25, 0.3) is 0 Å². The maximum absolute atomic E-state index is 11.3. The Bertz CT molecular complexity index is 538. The lowest BCUT2D eigenvalue weighted by molar-refractivity contribution is -0.383. The molecule has 1 aromatic rings. The molecule has 0 saturated carbocycles. The average Bonchev–Trinajstić information content (AvgIpc) is 2.35. The van der Waals surface area contributed by atoms with Gasteiger partial charge >= 0.3 is 5.69 Å². The molecule has 0 amide bonds. The normalized spacial score (nSPS) is 22.2. The first-order valence-electron chi connectivity index (χ1n) is 7.03. The molecule has 0 bridgehead atoms. The Morgan fingerprint density at radius 1 is 1.29 bits per heavy atom. The Morgan fingerprint density at radius 3 is 2.33 bits per heavy atom. The lowest BCUT2D eigenvalue weighted by Gasteiger charge is -2.35. The van der Waals surface area contributed by atoms with Gasteiger partial charge in [-0.1, -0.05) is 13.8 Å². The molecular formula is C13H22N6O2. The second-order valence-electron chi connectivity index (χ2n) is 6.08. The summed E-state index contributed by atoms with van der Waals surface area (Å²) in [5.74, 6) is 1.56. The minimum Gasteiger partial charge on any atom is -0.378 e. The van der Waals surface area contributed by atoms with E-state index in [-0.39, 0.29) is 11.5 Å². The number of nitro groups is 1. The Labute approximate surface area is 124 Å². The van der Waals surface area contributed by atoms with E-state index in [0.717, 1.165) is 19.5 Å². The molecule has 1 aromatic heterocycles. The van der Waals surface area contributed by atoms with Crippen molar-refractivity contribution < 1.29 is 4.92 Å². The summed E-state index contributed by atoms with van der Waals surface area (Å²) in [6.07, 6.45) is 1.12. The van der Waals surface area contributed by atoms with Crippen LogP contribution in [-0.2, 0) is 0 Å². The van der Waals surface area contributed by atoms with Gasteiger partial charge < -0.3 is 15.5 Å². The van der Waals surface area contributed by atoms with Crippen LogP contribution < -0.4 is 15.5 Å². The summed E-state index contributed by atoms with van der Waals surface area (Å²) < 4.78 is 0. The molecule has 1 aliphatic heterocycles. The van der Waals surface area contributed by atoms with Crippen LogP contribution in [0, 0.1) is 22.0 Å². The number of hydrogen-bond acceptors (Lipinski definition) is 7. The summed E-state index contributed by atoms with van der Waals surface area (Å²) in [6, 6.07) is 0. The first kappa shape index (κ1) is 15.3. The molecule has 1 saturated heterocycles. The maximum atomic E-state index is 11.3. The summed E-state index contributed by atoms with van der Waals surface area (Å²) in [4.78, 5) is 22.9. The van der Waals surface area contributed by atoms with E-state index < -0.39 is 4.92 Å². The van der Waals surface area contributed by atoms with Crippen LogP contribution in [0.2, 0.25) is 0 Å². The van der Waals surface area contributed by atoms with Gasteiger partial charge in [-0.05, 0) is 18.3 Å². The van der Waals surface area contributed by atoms with E-state index in [4.69, 9.17) is 5.73 Å². The van der Waals surface area contributed by atoms with Crippen LogP contribution in [0.5, 0.6) is 0 Å². The number of anilines is 3. The van der Waals surface area contributed by atoms with Gasteiger partial charge in [-0.25, -0.2) is 0 Å². The van der Waals surface area contributed by atoms with E-state index in [0.29, 0.717) is 23.6 Å². The zero-order valence-electron chi connectivity index (χ0n) is 12.9. The molecule has 8 heteroatoms. The molecule has 116 valence electrons. The highest BCUT2D eigenvalue weighted by atomic mass is 16.6. The Hall–Kier alpha value is -2.12. The van der Waals surface area contributed by atoms with Gasteiger partial charge in [0, 0.05) is 27.2 Å². The highest BCUT2D eigenvalue weighted by molar-refractivity contribution is 5.71. The fourth-order valence-corrected chi connectivity index (χ4v) is 2.88. The molecular weight excluding hydrogens is 272 g/mol. The molecule has 2 rings (SSSR count). The van der Waals surface area contributed by atoms with Crippen LogP contribution in [0.4, 0.5) is 23.3 Å².